The van der Waals surface area contributed by atoms with Gasteiger partial charge in [-0.2, -0.15) is 0 Å². The Bertz CT molecular complexity index is 459. The van der Waals surface area contributed by atoms with E-state index < -0.39 is 0 Å². The highest BCUT2D eigenvalue weighted by Gasteiger charge is 2.44. The van der Waals surface area contributed by atoms with Crippen molar-refractivity contribution in [3.05, 3.63) is 34.3 Å². The lowest BCUT2D eigenvalue weighted by Gasteiger charge is -2.51. The molecule has 0 aromatic heterocycles. The molecule has 0 aliphatic carbocycles. The van der Waals surface area contributed by atoms with E-state index in [1.807, 2.05) is 0 Å². The van der Waals surface area contributed by atoms with E-state index in [-0.39, 0.29) is 0 Å². The van der Waals surface area contributed by atoms with Gasteiger partial charge in [0.25, 0.3) is 0 Å². The molecule has 2 fully saturated rings. The van der Waals surface area contributed by atoms with Crippen molar-refractivity contribution >= 4 is 15.9 Å². The number of nitrogens with one attached hydrogen (secondary N) is 1. The van der Waals surface area contributed by atoms with Crippen LogP contribution in [0, 0.1) is 5.41 Å². The highest BCUT2D eigenvalue weighted by molar-refractivity contribution is 9.10. The highest BCUT2D eigenvalue weighted by atomic mass is 79.9. The molecule has 1 aromatic carbocycles. The Balaban J connectivity index is 1.89. The van der Waals surface area contributed by atoms with Crippen molar-refractivity contribution in [2.75, 3.05) is 26.7 Å². The Morgan fingerprint density at radius 2 is 2.00 bits per heavy atom. The Hall–Kier alpha value is -0.380. The van der Waals surface area contributed by atoms with Crippen molar-refractivity contribution < 1.29 is 0 Å². The smallest absolute Gasteiger partial charge is 0.0175 e. The molecule has 3 atom stereocenters. The summed E-state index contributed by atoms with van der Waals surface area (Å²) < 4.78 is 1.18. The zero-order valence-corrected chi connectivity index (χ0v) is 14.1. The summed E-state index contributed by atoms with van der Waals surface area (Å²) in [6, 6.07) is 9.71. The first-order valence-corrected chi connectivity index (χ1v) is 8.56. The summed E-state index contributed by atoms with van der Waals surface area (Å²) in [5, 5.41) is 3.62. The lowest BCUT2D eigenvalue weighted by Crippen LogP contribution is -2.52. The fourth-order valence-corrected chi connectivity index (χ4v) is 4.41. The molecule has 1 spiro atoms. The van der Waals surface area contributed by atoms with E-state index in [1.54, 1.807) is 0 Å². The van der Waals surface area contributed by atoms with Gasteiger partial charge in [-0.05, 0) is 69.4 Å². The molecule has 3 rings (SSSR count). The van der Waals surface area contributed by atoms with Crippen molar-refractivity contribution in [3.63, 3.8) is 0 Å². The molecule has 2 saturated heterocycles. The molecular formula is C17H25BrN2. The first kappa shape index (κ1) is 14.6. The molecule has 1 aromatic rings. The van der Waals surface area contributed by atoms with Crippen LogP contribution in [-0.4, -0.2) is 37.6 Å². The van der Waals surface area contributed by atoms with Crippen LogP contribution in [0.2, 0.25) is 0 Å². The highest BCUT2D eigenvalue weighted by Crippen LogP contribution is 2.49. The molecule has 2 aliphatic heterocycles. The van der Waals surface area contributed by atoms with Crippen molar-refractivity contribution in [1.29, 1.82) is 0 Å². The Morgan fingerprint density at radius 3 is 2.70 bits per heavy atom. The van der Waals surface area contributed by atoms with Crippen LogP contribution in [0.15, 0.2) is 28.7 Å². The summed E-state index contributed by atoms with van der Waals surface area (Å²) in [4.78, 5) is 2.52. The summed E-state index contributed by atoms with van der Waals surface area (Å²) in [6.45, 7) is 5.96. The average molecular weight is 337 g/mol. The average Bonchev–Trinajstić information content (AvgIpc) is 2.45. The maximum Gasteiger partial charge on any atom is 0.0175 e. The summed E-state index contributed by atoms with van der Waals surface area (Å²) in [6.07, 6.45) is 4.01. The molecule has 2 heterocycles. The van der Waals surface area contributed by atoms with Crippen molar-refractivity contribution in [2.45, 2.75) is 38.1 Å². The van der Waals surface area contributed by atoms with Gasteiger partial charge in [0.2, 0.25) is 0 Å². The fourth-order valence-electron chi connectivity index (χ4n) is 4.15. The lowest BCUT2D eigenvalue weighted by atomic mass is 9.61. The number of rotatable bonds is 1. The summed E-state index contributed by atoms with van der Waals surface area (Å²) in [7, 11) is 2.27. The van der Waals surface area contributed by atoms with Crippen LogP contribution in [-0.2, 0) is 0 Å². The zero-order valence-electron chi connectivity index (χ0n) is 12.5. The molecule has 3 heteroatoms. The van der Waals surface area contributed by atoms with Crippen LogP contribution in [0.5, 0.6) is 0 Å². The van der Waals surface area contributed by atoms with Gasteiger partial charge in [0.1, 0.15) is 0 Å². The standard InChI is InChI=1S/C17H25BrN2/c1-13-11-17(8-10-20(13)2)7-9-19-12-16(17)14-3-5-15(18)6-4-14/h3-6,13,16,19H,7-12H2,1-2H3. The van der Waals surface area contributed by atoms with E-state index in [4.69, 9.17) is 0 Å². The molecule has 1 N–H and O–H groups in total. The van der Waals surface area contributed by atoms with Crippen molar-refractivity contribution in [2.24, 2.45) is 5.41 Å². The Kier molecular flexibility index (Phi) is 4.21. The van der Waals surface area contributed by atoms with Crippen LogP contribution in [0.25, 0.3) is 0 Å². The fraction of sp³-hybridized carbons (Fsp3) is 0.647. The maximum atomic E-state index is 3.62. The number of hydrogen-bond donors (Lipinski definition) is 1. The maximum absolute atomic E-state index is 3.62. The molecule has 0 amide bonds. The normalized spacial score (nSPS) is 35.4. The molecule has 110 valence electrons. The second-order valence-electron chi connectivity index (χ2n) is 6.70. The number of hydrogen-bond acceptors (Lipinski definition) is 2. The Morgan fingerprint density at radius 1 is 1.25 bits per heavy atom. The second kappa shape index (κ2) is 5.78. The van der Waals surface area contributed by atoms with E-state index in [1.165, 1.54) is 42.4 Å². The zero-order chi connectivity index (χ0) is 14.2. The quantitative estimate of drug-likeness (QED) is 0.842. The SMILES string of the molecule is CC1CC2(CCNCC2c2ccc(Br)cc2)CCN1C. The van der Waals surface area contributed by atoms with E-state index in [9.17, 15) is 0 Å². The second-order valence-corrected chi connectivity index (χ2v) is 7.62. The number of piperidine rings is 2. The van der Waals surface area contributed by atoms with Gasteiger partial charge in [0.05, 0.1) is 0 Å². The number of benzene rings is 1. The van der Waals surface area contributed by atoms with Crippen LogP contribution in [0.1, 0.15) is 37.7 Å². The van der Waals surface area contributed by atoms with Gasteiger partial charge >= 0.3 is 0 Å². The van der Waals surface area contributed by atoms with Crippen molar-refractivity contribution in [3.8, 4) is 0 Å². The van der Waals surface area contributed by atoms with Gasteiger partial charge < -0.3 is 10.2 Å². The first-order chi connectivity index (χ1) is 9.61. The largest absolute Gasteiger partial charge is 0.316 e. The van der Waals surface area contributed by atoms with Gasteiger partial charge in [-0.3, -0.25) is 0 Å². The number of halogens is 1. The van der Waals surface area contributed by atoms with E-state index >= 15 is 0 Å². The topological polar surface area (TPSA) is 15.3 Å². The molecular weight excluding hydrogens is 312 g/mol. The molecule has 2 nitrogen and oxygen atoms in total. The summed E-state index contributed by atoms with van der Waals surface area (Å²) >= 11 is 3.55. The van der Waals surface area contributed by atoms with Gasteiger partial charge in [-0.15, -0.1) is 0 Å². The molecule has 0 bridgehead atoms. The van der Waals surface area contributed by atoms with Gasteiger partial charge in [-0.25, -0.2) is 0 Å². The van der Waals surface area contributed by atoms with E-state index in [2.05, 4.69) is 64.4 Å². The molecule has 0 saturated carbocycles. The first-order valence-electron chi connectivity index (χ1n) is 7.77. The van der Waals surface area contributed by atoms with Gasteiger partial charge in [0, 0.05) is 23.0 Å². The number of nitrogens with zero attached hydrogens (tertiary/aromatic N) is 1. The van der Waals surface area contributed by atoms with Crippen LogP contribution in [0.3, 0.4) is 0 Å². The van der Waals surface area contributed by atoms with Crippen LogP contribution in [0.4, 0.5) is 0 Å². The van der Waals surface area contributed by atoms with Crippen LogP contribution >= 0.6 is 15.9 Å². The lowest BCUT2D eigenvalue weighted by molar-refractivity contribution is 0.0321. The minimum absolute atomic E-state index is 0.505. The summed E-state index contributed by atoms with van der Waals surface area (Å²) in [5.41, 5.74) is 2.02. The predicted molar refractivity (Wildman–Crippen MR) is 88.1 cm³/mol. The molecule has 3 unspecified atom stereocenters. The number of likely N-dealkylation sites (tertiary alicyclic amines) is 1. The van der Waals surface area contributed by atoms with Crippen molar-refractivity contribution in [1.82, 2.24) is 10.2 Å². The third-order valence-corrected chi connectivity index (χ3v) is 6.11. The Labute approximate surface area is 131 Å². The van der Waals surface area contributed by atoms with E-state index in [0.29, 0.717) is 17.4 Å². The van der Waals surface area contributed by atoms with Gasteiger partial charge in [0.15, 0.2) is 0 Å². The third kappa shape index (κ3) is 2.68. The minimum Gasteiger partial charge on any atom is -0.316 e. The van der Waals surface area contributed by atoms with Gasteiger partial charge in [-0.1, -0.05) is 28.1 Å². The predicted octanol–water partition coefficient (Wildman–Crippen LogP) is 3.63. The third-order valence-electron chi connectivity index (χ3n) is 5.58. The monoisotopic (exact) mass is 336 g/mol. The summed E-state index contributed by atoms with van der Waals surface area (Å²) in [5.74, 6) is 0.667. The minimum atomic E-state index is 0.505. The molecule has 20 heavy (non-hydrogen) atoms. The molecule has 2 aliphatic rings. The van der Waals surface area contributed by atoms with E-state index in [0.717, 1.165) is 6.54 Å². The molecule has 0 radical (unpaired) electrons. The van der Waals surface area contributed by atoms with Crippen LogP contribution < -0.4 is 5.32 Å².